The predicted molar refractivity (Wildman–Crippen MR) is 100 cm³/mol. The van der Waals surface area contributed by atoms with E-state index in [0.717, 1.165) is 0 Å². The summed E-state index contributed by atoms with van der Waals surface area (Å²) in [6.07, 6.45) is 1.62. The molecule has 1 aliphatic heterocycles. The van der Waals surface area contributed by atoms with Gasteiger partial charge in [0.25, 0.3) is 5.91 Å². The molecule has 0 unspecified atom stereocenters. The molecule has 0 bridgehead atoms. The summed E-state index contributed by atoms with van der Waals surface area (Å²) >= 11 is 0. The van der Waals surface area contributed by atoms with Crippen LogP contribution in [0.4, 0.5) is 10.5 Å². The lowest BCUT2D eigenvalue weighted by Gasteiger charge is -2.26. The van der Waals surface area contributed by atoms with E-state index < -0.39 is 17.9 Å². The molecule has 1 aliphatic carbocycles. The van der Waals surface area contributed by atoms with E-state index in [2.05, 4.69) is 10.6 Å². The Kier molecular flexibility index (Phi) is 6.70. The molecule has 3 amide bonds. The minimum absolute atomic E-state index is 0.122. The number of ether oxygens (including phenoxy) is 2. The van der Waals surface area contributed by atoms with E-state index in [-0.39, 0.29) is 18.6 Å². The number of morpholine rings is 1. The third-order valence-corrected chi connectivity index (χ3v) is 4.97. The van der Waals surface area contributed by atoms with Crippen molar-refractivity contribution in [2.45, 2.75) is 25.3 Å². The number of benzene rings is 1. The number of urea groups is 1. The number of carboxylic acids is 1. The van der Waals surface area contributed by atoms with Crippen molar-refractivity contribution in [3.63, 3.8) is 0 Å². The van der Waals surface area contributed by atoms with Crippen LogP contribution in [0.5, 0.6) is 5.75 Å². The highest BCUT2D eigenvalue weighted by Gasteiger charge is 2.30. The molecule has 0 spiro atoms. The zero-order valence-electron chi connectivity index (χ0n) is 15.6. The van der Waals surface area contributed by atoms with Gasteiger partial charge in [-0.1, -0.05) is 12.1 Å². The molecule has 3 N–H and O–H groups in total. The molecule has 9 nitrogen and oxygen atoms in total. The molecular formula is C19H25N3O6. The lowest BCUT2D eigenvalue weighted by atomic mass is 10.1. The number of carbonyl (C=O) groups is 3. The minimum Gasteiger partial charge on any atom is -0.482 e. The maximum Gasteiger partial charge on any atom is 0.319 e. The number of nitrogens with one attached hydrogen (secondary N) is 2. The topological polar surface area (TPSA) is 117 Å². The quantitative estimate of drug-likeness (QED) is 0.673. The highest BCUT2D eigenvalue weighted by molar-refractivity contribution is 5.91. The third kappa shape index (κ3) is 5.35. The first-order valence-electron chi connectivity index (χ1n) is 9.40. The molecule has 1 saturated carbocycles. The summed E-state index contributed by atoms with van der Waals surface area (Å²) in [7, 11) is 0. The van der Waals surface area contributed by atoms with E-state index in [9.17, 15) is 14.4 Å². The highest BCUT2D eigenvalue weighted by Crippen LogP contribution is 2.27. The van der Waals surface area contributed by atoms with Crippen molar-refractivity contribution in [1.29, 1.82) is 0 Å². The smallest absolute Gasteiger partial charge is 0.319 e. The number of amides is 3. The van der Waals surface area contributed by atoms with Crippen LogP contribution in [0, 0.1) is 5.92 Å². The van der Waals surface area contributed by atoms with E-state index in [4.69, 9.17) is 14.6 Å². The van der Waals surface area contributed by atoms with Gasteiger partial charge in [-0.25, -0.2) is 4.79 Å². The second-order valence-corrected chi connectivity index (χ2v) is 6.92. The van der Waals surface area contributed by atoms with Crippen LogP contribution in [0.3, 0.4) is 0 Å². The fourth-order valence-electron chi connectivity index (χ4n) is 3.42. The van der Waals surface area contributed by atoms with Gasteiger partial charge in [0.05, 0.1) is 24.8 Å². The number of carbonyl (C=O) groups excluding carboxylic acids is 2. The summed E-state index contributed by atoms with van der Waals surface area (Å²) in [6.45, 7) is 2.01. The van der Waals surface area contributed by atoms with Gasteiger partial charge in [0.1, 0.15) is 5.75 Å². The Morgan fingerprint density at radius 1 is 1.18 bits per heavy atom. The Balaban J connectivity index is 1.51. The molecule has 3 rings (SSSR count). The first-order valence-corrected chi connectivity index (χ1v) is 9.40. The second-order valence-electron chi connectivity index (χ2n) is 6.92. The summed E-state index contributed by atoms with van der Waals surface area (Å²) in [6, 6.07) is 6.28. The number of para-hydroxylation sites is 2. The van der Waals surface area contributed by atoms with Gasteiger partial charge in [0.15, 0.2) is 6.61 Å². The van der Waals surface area contributed by atoms with Crippen molar-refractivity contribution in [2.75, 3.05) is 38.2 Å². The number of aliphatic carboxylic acids is 1. The van der Waals surface area contributed by atoms with Crippen molar-refractivity contribution in [3.05, 3.63) is 24.3 Å². The zero-order chi connectivity index (χ0) is 19.9. The average molecular weight is 391 g/mol. The first kappa shape index (κ1) is 19.9. The van der Waals surface area contributed by atoms with Gasteiger partial charge in [-0.2, -0.15) is 0 Å². The van der Waals surface area contributed by atoms with Crippen molar-refractivity contribution in [3.8, 4) is 5.75 Å². The standard InChI is InChI=1S/C19H25N3O6/c23-17(22-7-9-27-10-8-22)12-28-16-4-2-1-3-15(16)21-19(26)20-14-6-5-13(11-14)18(24)25/h1-4,13-14H,5-12H2,(H,24,25)(H2,20,21,26)/t13-,14+/m1/s1. The normalized spacial score (nSPS) is 21.8. The number of anilines is 1. The van der Waals surface area contributed by atoms with Crippen LogP contribution in [0.25, 0.3) is 0 Å². The van der Waals surface area contributed by atoms with Crippen LogP contribution in [-0.4, -0.2) is 66.9 Å². The molecule has 1 aromatic rings. The van der Waals surface area contributed by atoms with Crippen LogP contribution in [0.2, 0.25) is 0 Å². The second kappa shape index (κ2) is 9.41. The number of rotatable bonds is 6. The minimum atomic E-state index is -0.826. The van der Waals surface area contributed by atoms with Gasteiger partial charge in [-0.15, -0.1) is 0 Å². The Morgan fingerprint density at radius 3 is 2.64 bits per heavy atom. The molecule has 1 aromatic carbocycles. The molecule has 1 saturated heterocycles. The van der Waals surface area contributed by atoms with Gasteiger partial charge >= 0.3 is 12.0 Å². The summed E-state index contributed by atoms with van der Waals surface area (Å²) in [5.74, 6) is -0.970. The Labute approximate surface area is 163 Å². The van der Waals surface area contributed by atoms with Gasteiger partial charge in [-0.05, 0) is 31.4 Å². The summed E-state index contributed by atoms with van der Waals surface area (Å²) in [5, 5.41) is 14.6. The Hall–Kier alpha value is -2.81. The van der Waals surface area contributed by atoms with Gasteiger partial charge < -0.3 is 30.1 Å². The molecule has 2 atom stereocenters. The van der Waals surface area contributed by atoms with E-state index in [0.29, 0.717) is 57.0 Å². The van der Waals surface area contributed by atoms with Crippen molar-refractivity contribution in [2.24, 2.45) is 5.92 Å². The molecule has 9 heteroatoms. The molecule has 0 aromatic heterocycles. The van der Waals surface area contributed by atoms with Crippen LogP contribution in [-0.2, 0) is 14.3 Å². The fourth-order valence-corrected chi connectivity index (χ4v) is 3.42. The fraction of sp³-hybridized carbons (Fsp3) is 0.526. The predicted octanol–water partition coefficient (Wildman–Crippen LogP) is 1.30. The maximum atomic E-state index is 12.3. The number of carboxylic acid groups (broad SMARTS) is 1. The molecule has 2 fully saturated rings. The summed E-state index contributed by atoms with van der Waals surface area (Å²) in [4.78, 5) is 37.2. The third-order valence-electron chi connectivity index (χ3n) is 4.97. The Morgan fingerprint density at radius 2 is 1.93 bits per heavy atom. The number of hydrogen-bond acceptors (Lipinski definition) is 5. The van der Waals surface area contributed by atoms with Crippen molar-refractivity contribution in [1.82, 2.24) is 10.2 Å². The SMILES string of the molecule is O=C(Nc1ccccc1OCC(=O)N1CCOCC1)N[C@H]1CC[C@@H](C(=O)O)C1. The van der Waals surface area contributed by atoms with E-state index in [1.807, 2.05) is 0 Å². The van der Waals surface area contributed by atoms with Gasteiger partial charge in [-0.3, -0.25) is 9.59 Å². The summed E-state index contributed by atoms with van der Waals surface area (Å²) < 4.78 is 10.8. The van der Waals surface area contributed by atoms with Crippen molar-refractivity contribution < 1.29 is 29.0 Å². The monoisotopic (exact) mass is 391 g/mol. The highest BCUT2D eigenvalue weighted by atomic mass is 16.5. The Bertz CT molecular complexity index is 719. The molecule has 28 heavy (non-hydrogen) atoms. The molecule has 2 aliphatic rings. The first-order chi connectivity index (χ1) is 13.5. The van der Waals surface area contributed by atoms with Crippen LogP contribution >= 0.6 is 0 Å². The maximum absolute atomic E-state index is 12.3. The average Bonchev–Trinajstić information content (AvgIpc) is 3.16. The lowest BCUT2D eigenvalue weighted by molar-refractivity contribution is -0.141. The molecule has 0 radical (unpaired) electrons. The van der Waals surface area contributed by atoms with Crippen LogP contribution in [0.15, 0.2) is 24.3 Å². The number of hydrogen-bond donors (Lipinski definition) is 3. The lowest BCUT2D eigenvalue weighted by Crippen LogP contribution is -2.43. The number of nitrogens with zero attached hydrogens (tertiary/aromatic N) is 1. The van der Waals surface area contributed by atoms with E-state index in [1.165, 1.54) is 0 Å². The van der Waals surface area contributed by atoms with Gasteiger partial charge in [0, 0.05) is 19.1 Å². The largest absolute Gasteiger partial charge is 0.482 e. The molecule has 1 heterocycles. The van der Waals surface area contributed by atoms with Crippen LogP contribution in [0.1, 0.15) is 19.3 Å². The molecular weight excluding hydrogens is 366 g/mol. The zero-order valence-corrected chi connectivity index (χ0v) is 15.6. The van der Waals surface area contributed by atoms with Crippen molar-refractivity contribution >= 4 is 23.6 Å². The van der Waals surface area contributed by atoms with E-state index >= 15 is 0 Å². The van der Waals surface area contributed by atoms with Crippen LogP contribution < -0.4 is 15.4 Å². The summed E-state index contributed by atoms with van der Waals surface area (Å²) in [5.41, 5.74) is 0.447. The van der Waals surface area contributed by atoms with E-state index in [1.54, 1.807) is 29.2 Å². The molecule has 152 valence electrons. The van der Waals surface area contributed by atoms with Gasteiger partial charge in [0.2, 0.25) is 0 Å².